The van der Waals surface area contributed by atoms with Crippen LogP contribution in [0.3, 0.4) is 0 Å². The predicted octanol–water partition coefficient (Wildman–Crippen LogP) is 5.88. The van der Waals surface area contributed by atoms with Gasteiger partial charge in [0, 0.05) is 16.8 Å². The number of alkyl halides is 3. The lowest BCUT2D eigenvalue weighted by atomic mass is 10.1. The van der Waals surface area contributed by atoms with E-state index in [2.05, 4.69) is 22.3 Å². The predicted molar refractivity (Wildman–Crippen MR) is 116 cm³/mol. The number of hydrogen-bond donors (Lipinski definition) is 1. The van der Waals surface area contributed by atoms with E-state index in [0.29, 0.717) is 10.8 Å². The number of unbranched alkanes of at least 4 members (excludes halogenated alkanes) is 2. The molecule has 0 saturated carbocycles. The summed E-state index contributed by atoms with van der Waals surface area (Å²) in [4.78, 5) is 16.8. The number of aromatic nitrogens is 3. The van der Waals surface area contributed by atoms with Gasteiger partial charge in [0.2, 0.25) is 11.0 Å². The van der Waals surface area contributed by atoms with Crippen molar-refractivity contribution in [1.29, 1.82) is 0 Å². The highest BCUT2D eigenvalue weighted by molar-refractivity contribution is 7.12. The van der Waals surface area contributed by atoms with Crippen LogP contribution in [0.2, 0.25) is 0 Å². The molecule has 0 fully saturated rings. The lowest BCUT2D eigenvalue weighted by Crippen LogP contribution is -2.15. The second kappa shape index (κ2) is 9.64. The van der Waals surface area contributed by atoms with E-state index in [9.17, 15) is 18.0 Å². The number of halogens is 3. The Bertz CT molecular complexity index is 1060. The van der Waals surface area contributed by atoms with E-state index in [1.807, 2.05) is 13.8 Å². The first-order valence-corrected chi connectivity index (χ1v) is 11.0. The lowest BCUT2D eigenvalue weighted by Gasteiger charge is -2.09. The minimum Gasteiger partial charge on any atom is -0.326 e. The SMILES string of the molecule is CCCCCc1c(C)nn(-c2nc(CC(=O)Nc3cccc(C(F)(F)F)c3)cs2)c1C. The van der Waals surface area contributed by atoms with Gasteiger partial charge in [-0.2, -0.15) is 18.3 Å². The number of hydrogen-bond acceptors (Lipinski definition) is 4. The monoisotopic (exact) mass is 450 g/mol. The molecule has 3 rings (SSSR count). The first kappa shape index (κ1) is 23.0. The molecule has 0 unspecified atom stereocenters. The van der Waals surface area contributed by atoms with Crippen molar-refractivity contribution in [3.05, 3.63) is 57.9 Å². The lowest BCUT2D eigenvalue weighted by molar-refractivity contribution is -0.137. The van der Waals surface area contributed by atoms with Gasteiger partial charge >= 0.3 is 6.18 Å². The summed E-state index contributed by atoms with van der Waals surface area (Å²) >= 11 is 1.38. The molecule has 0 radical (unpaired) electrons. The Labute approximate surface area is 183 Å². The molecule has 0 aliphatic carbocycles. The summed E-state index contributed by atoms with van der Waals surface area (Å²) in [6, 6.07) is 4.57. The molecular weight excluding hydrogens is 425 g/mol. The van der Waals surface area contributed by atoms with Gasteiger partial charge in [-0.25, -0.2) is 9.67 Å². The summed E-state index contributed by atoms with van der Waals surface area (Å²) in [5, 5.41) is 9.56. The molecule has 9 heteroatoms. The molecule has 0 bridgehead atoms. The van der Waals surface area contributed by atoms with Crippen molar-refractivity contribution in [2.75, 3.05) is 5.32 Å². The van der Waals surface area contributed by atoms with Crippen LogP contribution in [0.25, 0.3) is 5.13 Å². The number of anilines is 1. The van der Waals surface area contributed by atoms with Crippen molar-refractivity contribution in [1.82, 2.24) is 14.8 Å². The Morgan fingerprint density at radius 1 is 1.23 bits per heavy atom. The molecule has 166 valence electrons. The summed E-state index contributed by atoms with van der Waals surface area (Å²) in [6.07, 6.45) is -0.0714. The Balaban J connectivity index is 1.68. The van der Waals surface area contributed by atoms with Gasteiger partial charge in [0.1, 0.15) is 0 Å². The third-order valence-electron chi connectivity index (χ3n) is 5.01. The van der Waals surface area contributed by atoms with Gasteiger partial charge in [-0.3, -0.25) is 4.79 Å². The van der Waals surface area contributed by atoms with Gasteiger partial charge in [0.15, 0.2) is 0 Å². The molecule has 2 aromatic heterocycles. The zero-order chi connectivity index (χ0) is 22.6. The maximum Gasteiger partial charge on any atom is 0.416 e. The molecule has 0 atom stereocenters. The number of thiazole rings is 1. The van der Waals surface area contributed by atoms with Gasteiger partial charge < -0.3 is 5.32 Å². The quantitative estimate of drug-likeness (QED) is 0.436. The number of rotatable bonds is 8. The molecule has 1 N–H and O–H groups in total. The van der Waals surface area contributed by atoms with E-state index in [1.165, 1.54) is 35.5 Å². The fourth-order valence-electron chi connectivity index (χ4n) is 3.39. The van der Waals surface area contributed by atoms with Gasteiger partial charge in [0.25, 0.3) is 0 Å². The van der Waals surface area contributed by atoms with E-state index in [4.69, 9.17) is 0 Å². The molecule has 31 heavy (non-hydrogen) atoms. The van der Waals surface area contributed by atoms with Crippen LogP contribution in [0.15, 0.2) is 29.6 Å². The zero-order valence-corrected chi connectivity index (χ0v) is 18.5. The van der Waals surface area contributed by atoms with Crippen LogP contribution in [0.5, 0.6) is 0 Å². The molecule has 5 nitrogen and oxygen atoms in total. The van der Waals surface area contributed by atoms with Gasteiger partial charge in [-0.05, 0) is 50.5 Å². The maximum absolute atomic E-state index is 12.8. The van der Waals surface area contributed by atoms with Crippen molar-refractivity contribution in [3.8, 4) is 5.13 Å². The van der Waals surface area contributed by atoms with Crippen molar-refractivity contribution in [2.24, 2.45) is 0 Å². The van der Waals surface area contributed by atoms with E-state index < -0.39 is 17.6 Å². The third-order valence-corrected chi connectivity index (χ3v) is 5.87. The smallest absolute Gasteiger partial charge is 0.326 e. The van der Waals surface area contributed by atoms with E-state index in [1.54, 1.807) is 10.1 Å². The van der Waals surface area contributed by atoms with E-state index in [0.717, 1.165) is 42.8 Å². The van der Waals surface area contributed by atoms with Crippen LogP contribution < -0.4 is 5.32 Å². The third kappa shape index (κ3) is 5.72. The average molecular weight is 451 g/mol. The van der Waals surface area contributed by atoms with Crippen LogP contribution in [-0.2, 0) is 23.8 Å². The van der Waals surface area contributed by atoms with Gasteiger partial charge in [0.05, 0.1) is 23.4 Å². The molecule has 0 saturated heterocycles. The maximum atomic E-state index is 12.8. The van der Waals surface area contributed by atoms with Crippen LogP contribution >= 0.6 is 11.3 Å². The summed E-state index contributed by atoms with van der Waals surface area (Å²) in [7, 11) is 0. The van der Waals surface area contributed by atoms with Crippen LogP contribution in [0.4, 0.5) is 18.9 Å². The van der Waals surface area contributed by atoms with Gasteiger partial charge in [-0.15, -0.1) is 11.3 Å². The normalized spacial score (nSPS) is 11.7. The summed E-state index contributed by atoms with van der Waals surface area (Å²) in [5.41, 5.74) is 3.10. The number of aryl methyl sites for hydroxylation is 1. The van der Waals surface area contributed by atoms with Crippen LogP contribution in [0.1, 0.15) is 54.4 Å². The van der Waals surface area contributed by atoms with Crippen molar-refractivity contribution >= 4 is 22.9 Å². The zero-order valence-electron chi connectivity index (χ0n) is 17.7. The highest BCUT2D eigenvalue weighted by atomic mass is 32.1. The Hall–Kier alpha value is -2.68. The second-order valence-electron chi connectivity index (χ2n) is 7.44. The number of carbonyl (C=O) groups is 1. The van der Waals surface area contributed by atoms with Crippen LogP contribution in [-0.4, -0.2) is 20.7 Å². The van der Waals surface area contributed by atoms with E-state index in [-0.39, 0.29) is 12.1 Å². The highest BCUT2D eigenvalue weighted by Gasteiger charge is 2.30. The minimum atomic E-state index is -4.46. The number of nitrogens with zero attached hydrogens (tertiary/aromatic N) is 3. The summed E-state index contributed by atoms with van der Waals surface area (Å²) < 4.78 is 40.3. The van der Waals surface area contributed by atoms with Crippen molar-refractivity contribution in [3.63, 3.8) is 0 Å². The highest BCUT2D eigenvalue weighted by Crippen LogP contribution is 2.30. The number of benzene rings is 1. The fourth-order valence-corrected chi connectivity index (χ4v) is 4.22. The number of amides is 1. The Morgan fingerprint density at radius 2 is 2.00 bits per heavy atom. The van der Waals surface area contributed by atoms with Gasteiger partial charge in [-0.1, -0.05) is 25.8 Å². The second-order valence-corrected chi connectivity index (χ2v) is 8.28. The fraction of sp³-hybridized carbons (Fsp3) is 0.409. The van der Waals surface area contributed by atoms with E-state index >= 15 is 0 Å². The first-order valence-electron chi connectivity index (χ1n) is 10.2. The summed E-state index contributed by atoms with van der Waals surface area (Å²) in [6.45, 7) is 6.17. The topological polar surface area (TPSA) is 59.8 Å². The largest absolute Gasteiger partial charge is 0.416 e. The minimum absolute atomic E-state index is 0.0323. The van der Waals surface area contributed by atoms with Crippen molar-refractivity contribution < 1.29 is 18.0 Å². The first-order chi connectivity index (χ1) is 14.7. The molecule has 0 spiro atoms. The van der Waals surface area contributed by atoms with Crippen LogP contribution in [0, 0.1) is 13.8 Å². The average Bonchev–Trinajstić information content (AvgIpc) is 3.26. The van der Waals surface area contributed by atoms with Crippen molar-refractivity contribution in [2.45, 2.75) is 59.1 Å². The number of nitrogens with one attached hydrogen (secondary N) is 1. The number of carbonyl (C=O) groups excluding carboxylic acids is 1. The Kier molecular flexibility index (Phi) is 7.15. The Morgan fingerprint density at radius 3 is 2.71 bits per heavy atom. The summed E-state index contributed by atoms with van der Waals surface area (Å²) in [5.74, 6) is -0.426. The molecular formula is C22H25F3N4OS. The molecule has 1 amide bonds. The molecule has 2 heterocycles. The molecule has 1 aromatic carbocycles. The molecule has 3 aromatic rings. The standard InChI is InChI=1S/C22H25F3N4OS/c1-4-5-6-10-19-14(2)28-29(15(19)3)21-27-18(13-31-21)12-20(30)26-17-9-7-8-16(11-17)22(23,24)25/h7-9,11,13H,4-6,10,12H2,1-3H3,(H,26,30). The molecule has 0 aliphatic heterocycles. The molecule has 0 aliphatic rings.